The van der Waals surface area contributed by atoms with E-state index in [0.717, 1.165) is 0 Å². The number of aromatic hydroxyl groups is 1. The van der Waals surface area contributed by atoms with Gasteiger partial charge in [-0.2, -0.15) is 13.2 Å². The van der Waals surface area contributed by atoms with Crippen LogP contribution in [0.3, 0.4) is 0 Å². The summed E-state index contributed by atoms with van der Waals surface area (Å²) in [6.07, 6.45) is -4.83. The number of carbonyl (C=O) groups excluding carboxylic acids is 1. The van der Waals surface area contributed by atoms with Crippen LogP contribution in [0.25, 0.3) is 0 Å². The van der Waals surface area contributed by atoms with E-state index in [1.165, 1.54) is 0 Å². The van der Waals surface area contributed by atoms with Crippen molar-refractivity contribution in [1.82, 2.24) is 4.90 Å². The van der Waals surface area contributed by atoms with E-state index in [1.54, 1.807) is 0 Å². The fourth-order valence-electron chi connectivity index (χ4n) is 2.42. The molecule has 1 amide bonds. The van der Waals surface area contributed by atoms with E-state index in [2.05, 4.69) is 0 Å². The molecule has 0 aliphatic carbocycles. The van der Waals surface area contributed by atoms with Crippen LogP contribution >= 0.6 is 0 Å². The minimum atomic E-state index is -4.83. The number of alkyl halides is 3. The molecule has 1 aliphatic heterocycles. The summed E-state index contributed by atoms with van der Waals surface area (Å²) in [6, 6.07) is 0.939. The van der Waals surface area contributed by atoms with Crippen LogP contribution in [-0.2, 0) is 4.79 Å². The monoisotopic (exact) mass is 339 g/mol. The number of halogens is 5. The number of rotatable bonds is 2. The van der Waals surface area contributed by atoms with Crippen molar-refractivity contribution in [3.05, 3.63) is 29.3 Å². The van der Waals surface area contributed by atoms with Gasteiger partial charge < -0.3 is 15.1 Å². The Bertz CT molecular complexity index is 637. The molecule has 5 nitrogen and oxygen atoms in total. The summed E-state index contributed by atoms with van der Waals surface area (Å²) in [5.41, 5.74) is -0.621. The number of benzene rings is 1. The van der Waals surface area contributed by atoms with Crippen LogP contribution in [0.15, 0.2) is 12.1 Å². The number of nitrogens with zero attached hydrogens (tertiary/aromatic N) is 1. The van der Waals surface area contributed by atoms with E-state index in [-0.39, 0.29) is 0 Å². The maximum Gasteiger partial charge on any atom is 0.394 e. The molecule has 126 valence electrons. The number of carboxylic acids is 1. The van der Waals surface area contributed by atoms with Crippen molar-refractivity contribution in [2.45, 2.75) is 6.18 Å². The first-order valence-corrected chi connectivity index (χ1v) is 6.29. The van der Waals surface area contributed by atoms with Crippen LogP contribution in [0.1, 0.15) is 10.4 Å². The zero-order valence-corrected chi connectivity index (χ0v) is 11.3. The van der Waals surface area contributed by atoms with E-state index < -0.39 is 65.9 Å². The molecule has 1 aromatic carbocycles. The predicted molar refractivity (Wildman–Crippen MR) is 64.6 cm³/mol. The highest BCUT2D eigenvalue weighted by Crippen LogP contribution is 2.38. The number of amides is 1. The molecule has 2 rings (SSSR count). The molecule has 10 heteroatoms. The van der Waals surface area contributed by atoms with Crippen molar-refractivity contribution < 1.29 is 41.8 Å². The number of hydrogen-bond donors (Lipinski definition) is 2. The van der Waals surface area contributed by atoms with E-state index >= 15 is 0 Å². The van der Waals surface area contributed by atoms with Crippen molar-refractivity contribution in [1.29, 1.82) is 0 Å². The van der Waals surface area contributed by atoms with Gasteiger partial charge in [-0.05, 0) is 12.1 Å². The first-order valence-electron chi connectivity index (χ1n) is 6.29. The highest BCUT2D eigenvalue weighted by atomic mass is 19.4. The largest absolute Gasteiger partial charge is 0.503 e. The second kappa shape index (κ2) is 5.67. The van der Waals surface area contributed by atoms with E-state index in [1.807, 2.05) is 0 Å². The lowest BCUT2D eigenvalue weighted by Crippen LogP contribution is -2.34. The highest BCUT2D eigenvalue weighted by Gasteiger charge is 2.53. The first kappa shape index (κ1) is 17.0. The third-order valence-electron chi connectivity index (χ3n) is 3.61. The van der Waals surface area contributed by atoms with Gasteiger partial charge >= 0.3 is 12.1 Å². The Hall–Kier alpha value is -2.39. The molecule has 1 saturated heterocycles. The highest BCUT2D eigenvalue weighted by molar-refractivity contribution is 5.95. The maximum atomic E-state index is 13.2. The van der Waals surface area contributed by atoms with Crippen LogP contribution in [0.4, 0.5) is 22.0 Å². The van der Waals surface area contributed by atoms with Crippen LogP contribution in [0.5, 0.6) is 5.75 Å². The van der Waals surface area contributed by atoms with Gasteiger partial charge in [0, 0.05) is 18.7 Å². The Morgan fingerprint density at radius 1 is 1.13 bits per heavy atom. The third kappa shape index (κ3) is 3.20. The zero-order chi connectivity index (χ0) is 17.5. The minimum Gasteiger partial charge on any atom is -0.503 e. The number of phenols is 1. The summed E-state index contributed by atoms with van der Waals surface area (Å²) >= 11 is 0. The number of likely N-dealkylation sites (tertiary alicyclic amines) is 1. The first-order chi connectivity index (χ1) is 10.5. The van der Waals surface area contributed by atoms with Crippen LogP contribution in [0.2, 0.25) is 0 Å². The summed E-state index contributed by atoms with van der Waals surface area (Å²) in [5.74, 6) is -11.2. The van der Waals surface area contributed by atoms with Crippen molar-refractivity contribution in [3.8, 4) is 5.75 Å². The van der Waals surface area contributed by atoms with Crippen LogP contribution < -0.4 is 0 Å². The fraction of sp³-hybridized carbons (Fsp3) is 0.385. The second-order valence-electron chi connectivity index (χ2n) is 5.09. The van der Waals surface area contributed by atoms with Crippen LogP contribution in [-0.4, -0.2) is 46.3 Å². The number of hydrogen-bond acceptors (Lipinski definition) is 3. The molecule has 1 aliphatic rings. The molecule has 0 aromatic heterocycles. The maximum absolute atomic E-state index is 13.2. The molecule has 0 radical (unpaired) electrons. The van der Waals surface area contributed by atoms with Gasteiger partial charge in [0.2, 0.25) is 0 Å². The standard InChI is InChI=1S/C13H10F5NO4/c14-8-1-5(2-9(15)10(8)20)11(21)19-3-6(12(22)23)7(4-19)13(16,17)18/h1-2,6-7,20H,3-4H2,(H,22,23)/t6-,7-/m1/s1. The lowest BCUT2D eigenvalue weighted by molar-refractivity contribution is -0.187. The van der Waals surface area contributed by atoms with Gasteiger partial charge in [0.15, 0.2) is 17.4 Å². The lowest BCUT2D eigenvalue weighted by atomic mass is 9.96. The van der Waals surface area contributed by atoms with Crippen LogP contribution in [0, 0.1) is 23.5 Å². The summed E-state index contributed by atoms with van der Waals surface area (Å²) < 4.78 is 65.0. The van der Waals surface area contributed by atoms with Crippen molar-refractivity contribution in [2.24, 2.45) is 11.8 Å². The molecule has 2 atom stereocenters. The lowest BCUT2D eigenvalue weighted by Gasteiger charge is -2.18. The van der Waals surface area contributed by atoms with Crippen molar-refractivity contribution in [3.63, 3.8) is 0 Å². The SMILES string of the molecule is O=C(O)[C@@H]1CN(C(=O)c2cc(F)c(O)c(F)c2)C[C@H]1C(F)(F)F. The molecule has 2 N–H and O–H groups in total. The van der Waals surface area contributed by atoms with Crippen molar-refractivity contribution >= 4 is 11.9 Å². The fourth-order valence-corrected chi connectivity index (χ4v) is 2.42. The van der Waals surface area contributed by atoms with Crippen molar-refractivity contribution in [2.75, 3.05) is 13.1 Å². The quantitative estimate of drug-likeness (QED) is 0.808. The molecule has 1 heterocycles. The number of carbonyl (C=O) groups is 2. The zero-order valence-electron chi connectivity index (χ0n) is 11.3. The van der Waals surface area contributed by atoms with Gasteiger partial charge in [-0.25, -0.2) is 8.78 Å². The Morgan fingerprint density at radius 3 is 2.04 bits per heavy atom. The molecule has 1 aromatic rings. The Balaban J connectivity index is 2.29. The average Bonchev–Trinajstić information content (AvgIpc) is 2.88. The number of phenolic OH excluding ortho intramolecular Hbond substituents is 1. The van der Waals surface area contributed by atoms with Gasteiger partial charge in [-0.1, -0.05) is 0 Å². The molecule has 0 spiro atoms. The Labute approximate surface area is 125 Å². The van der Waals surface area contributed by atoms with E-state index in [9.17, 15) is 31.5 Å². The van der Waals surface area contributed by atoms with E-state index in [4.69, 9.17) is 10.2 Å². The molecule has 1 fully saturated rings. The summed E-state index contributed by atoms with van der Waals surface area (Å²) in [5, 5.41) is 17.8. The Kier molecular flexibility index (Phi) is 4.18. The molecule has 0 bridgehead atoms. The molecular weight excluding hydrogens is 329 g/mol. The summed E-state index contributed by atoms with van der Waals surface area (Å²) in [6.45, 7) is -1.66. The smallest absolute Gasteiger partial charge is 0.394 e. The molecule has 23 heavy (non-hydrogen) atoms. The van der Waals surface area contributed by atoms with Gasteiger partial charge in [-0.3, -0.25) is 9.59 Å². The Morgan fingerprint density at radius 2 is 1.65 bits per heavy atom. The molecular formula is C13H10F5NO4. The molecule has 0 saturated carbocycles. The summed E-state index contributed by atoms with van der Waals surface area (Å²) in [4.78, 5) is 23.6. The van der Waals surface area contributed by atoms with E-state index in [0.29, 0.717) is 17.0 Å². The number of carboxylic acid groups (broad SMARTS) is 1. The summed E-state index contributed by atoms with van der Waals surface area (Å²) in [7, 11) is 0. The van der Waals surface area contributed by atoms with Gasteiger partial charge in [0.25, 0.3) is 5.91 Å². The van der Waals surface area contributed by atoms with Gasteiger partial charge in [-0.15, -0.1) is 0 Å². The third-order valence-corrected chi connectivity index (χ3v) is 3.61. The van der Waals surface area contributed by atoms with Gasteiger partial charge in [0.1, 0.15) is 0 Å². The minimum absolute atomic E-state index is 0.470. The second-order valence-corrected chi connectivity index (χ2v) is 5.09. The normalized spacial score (nSPS) is 21.5. The number of aliphatic carboxylic acids is 1. The molecule has 0 unspecified atom stereocenters. The average molecular weight is 339 g/mol. The predicted octanol–water partition coefficient (Wildman–Crippen LogP) is 2.01. The van der Waals surface area contributed by atoms with Gasteiger partial charge in [0.05, 0.1) is 11.8 Å². The topological polar surface area (TPSA) is 77.8 Å².